The summed E-state index contributed by atoms with van der Waals surface area (Å²) in [4.78, 5) is 29.0. The number of carbonyl (C=O) groups is 1. The van der Waals surface area contributed by atoms with Crippen LogP contribution in [0.2, 0.25) is 0 Å². The minimum absolute atomic E-state index is 0.149. The Hall–Kier alpha value is -3.77. The van der Waals surface area contributed by atoms with Gasteiger partial charge in [-0.25, -0.2) is 0 Å². The molecule has 3 aliphatic carbocycles. The minimum atomic E-state index is -0.189. The van der Waals surface area contributed by atoms with E-state index in [1.165, 1.54) is 26.8 Å². The van der Waals surface area contributed by atoms with E-state index in [-0.39, 0.29) is 17.4 Å². The van der Waals surface area contributed by atoms with Crippen LogP contribution in [-0.2, 0) is 6.54 Å². The maximum Gasteiger partial charge on any atom is 0.262 e. The van der Waals surface area contributed by atoms with Gasteiger partial charge in [0.15, 0.2) is 4.77 Å². The van der Waals surface area contributed by atoms with E-state index in [9.17, 15) is 9.59 Å². The molecule has 2 bridgehead atoms. The molecule has 7 rings (SSSR count). The number of allylic oxidation sites excluding steroid dienone is 1. The Labute approximate surface area is 208 Å². The molecule has 3 aliphatic rings. The molecule has 35 heavy (non-hydrogen) atoms. The molecule has 1 unspecified atom stereocenters. The van der Waals surface area contributed by atoms with Crippen molar-refractivity contribution >= 4 is 29.0 Å². The second-order valence-corrected chi connectivity index (χ2v) is 9.78. The van der Waals surface area contributed by atoms with Gasteiger partial charge in [-0.1, -0.05) is 54.6 Å². The van der Waals surface area contributed by atoms with E-state index in [0.717, 1.165) is 6.42 Å². The number of hydrogen-bond acceptors (Lipinski definition) is 3. The van der Waals surface area contributed by atoms with Crippen LogP contribution in [0.25, 0.3) is 10.9 Å². The van der Waals surface area contributed by atoms with E-state index in [2.05, 4.69) is 65.4 Å². The third kappa shape index (κ3) is 3.48. The Bertz CT molecular complexity index is 1570. The van der Waals surface area contributed by atoms with Crippen LogP contribution in [0.15, 0.2) is 84.2 Å². The van der Waals surface area contributed by atoms with Gasteiger partial charge < -0.3 is 10.3 Å². The lowest BCUT2D eigenvalue weighted by molar-refractivity contribution is 0.0943. The molecule has 174 valence electrons. The molecule has 1 heterocycles. The zero-order chi connectivity index (χ0) is 24.1. The van der Waals surface area contributed by atoms with Crippen molar-refractivity contribution < 1.29 is 4.79 Å². The molecule has 5 nitrogen and oxygen atoms in total. The number of nitrogens with one attached hydrogen (secondary N) is 2. The van der Waals surface area contributed by atoms with Crippen LogP contribution in [0.4, 0.5) is 0 Å². The Kier molecular flexibility index (Phi) is 5.26. The van der Waals surface area contributed by atoms with Crippen molar-refractivity contribution in [3.8, 4) is 0 Å². The number of hydrogen-bond donors (Lipinski definition) is 2. The Morgan fingerprint density at radius 1 is 1.06 bits per heavy atom. The van der Waals surface area contributed by atoms with Crippen LogP contribution in [-0.4, -0.2) is 22.0 Å². The summed E-state index contributed by atoms with van der Waals surface area (Å²) in [6.07, 6.45) is 2.65. The lowest BCUT2D eigenvalue weighted by Gasteiger charge is -2.45. The normalized spacial score (nSPS) is 19.7. The van der Waals surface area contributed by atoms with Crippen LogP contribution < -0.4 is 10.9 Å². The van der Waals surface area contributed by atoms with Crippen molar-refractivity contribution in [3.63, 3.8) is 0 Å². The number of aromatic nitrogens is 2. The van der Waals surface area contributed by atoms with Gasteiger partial charge in [0.1, 0.15) is 0 Å². The number of benzene rings is 3. The SMILES string of the molecule is C=CCn1c(=S)[nH]c2cc(C(=O)NCC3CC4c5ccccc5C3c3ccccc34)ccc2c1=O. The summed E-state index contributed by atoms with van der Waals surface area (Å²) < 4.78 is 1.77. The van der Waals surface area contributed by atoms with Crippen molar-refractivity contribution in [2.24, 2.45) is 5.92 Å². The van der Waals surface area contributed by atoms with E-state index in [1.807, 2.05) is 0 Å². The summed E-state index contributed by atoms with van der Waals surface area (Å²) in [5, 5.41) is 3.66. The number of aromatic amines is 1. The zero-order valence-electron chi connectivity index (χ0n) is 19.2. The maximum absolute atomic E-state index is 13.1. The molecule has 1 aromatic heterocycles. The topological polar surface area (TPSA) is 66.9 Å². The molecular formula is C29H25N3O2S. The molecule has 4 aromatic rings. The third-order valence-corrected chi connectivity index (χ3v) is 7.83. The van der Waals surface area contributed by atoms with Crippen LogP contribution in [0.3, 0.4) is 0 Å². The predicted octanol–water partition coefficient (Wildman–Crippen LogP) is 5.27. The van der Waals surface area contributed by atoms with Gasteiger partial charge in [0.2, 0.25) is 0 Å². The molecule has 0 aliphatic heterocycles. The molecule has 2 N–H and O–H groups in total. The lowest BCUT2D eigenvalue weighted by Crippen LogP contribution is -2.39. The summed E-state index contributed by atoms with van der Waals surface area (Å²) in [5.74, 6) is 0.826. The predicted molar refractivity (Wildman–Crippen MR) is 141 cm³/mol. The summed E-state index contributed by atoms with van der Waals surface area (Å²) in [6.45, 7) is 4.61. The number of amides is 1. The van der Waals surface area contributed by atoms with Crippen LogP contribution in [0.1, 0.15) is 50.9 Å². The number of nitrogens with zero attached hydrogens (tertiary/aromatic N) is 1. The second-order valence-electron chi connectivity index (χ2n) is 9.39. The first-order valence-electron chi connectivity index (χ1n) is 11.9. The first kappa shape index (κ1) is 21.7. The number of H-pyrrole nitrogens is 1. The van der Waals surface area contributed by atoms with Gasteiger partial charge in [0.25, 0.3) is 11.5 Å². The molecule has 6 heteroatoms. The average molecular weight is 480 g/mol. The van der Waals surface area contributed by atoms with Gasteiger partial charge >= 0.3 is 0 Å². The number of fused-ring (bicyclic) bond motifs is 2. The fraction of sp³-hybridized carbons (Fsp3) is 0.207. The molecule has 1 atom stereocenters. The highest BCUT2D eigenvalue weighted by molar-refractivity contribution is 7.71. The minimum Gasteiger partial charge on any atom is -0.352 e. The van der Waals surface area contributed by atoms with Crippen LogP contribution in [0, 0.1) is 10.7 Å². The molecule has 0 saturated heterocycles. The van der Waals surface area contributed by atoms with E-state index < -0.39 is 0 Å². The third-order valence-electron chi connectivity index (χ3n) is 7.50. The van der Waals surface area contributed by atoms with Crippen molar-refractivity contribution in [2.75, 3.05) is 6.54 Å². The number of rotatable bonds is 5. The molecule has 0 fully saturated rings. The Balaban J connectivity index is 1.27. The molecular weight excluding hydrogens is 454 g/mol. The summed E-state index contributed by atoms with van der Waals surface area (Å²) >= 11 is 5.33. The van der Waals surface area contributed by atoms with Crippen molar-refractivity contribution in [3.05, 3.63) is 122 Å². The summed E-state index contributed by atoms with van der Waals surface area (Å²) in [6, 6.07) is 22.5. The zero-order valence-corrected chi connectivity index (χ0v) is 20.0. The highest BCUT2D eigenvalue weighted by Crippen LogP contribution is 2.55. The van der Waals surface area contributed by atoms with Gasteiger partial charge in [-0.15, -0.1) is 6.58 Å². The fourth-order valence-electron chi connectivity index (χ4n) is 5.98. The molecule has 1 amide bonds. The molecule has 3 aromatic carbocycles. The van der Waals surface area contributed by atoms with Crippen molar-refractivity contribution in [1.82, 2.24) is 14.9 Å². The van der Waals surface area contributed by atoms with Gasteiger partial charge in [0, 0.05) is 30.5 Å². The highest BCUT2D eigenvalue weighted by Gasteiger charge is 2.42. The fourth-order valence-corrected chi connectivity index (χ4v) is 6.24. The summed E-state index contributed by atoms with van der Waals surface area (Å²) in [5.41, 5.74) is 6.49. The van der Waals surface area contributed by atoms with E-state index in [4.69, 9.17) is 12.2 Å². The summed E-state index contributed by atoms with van der Waals surface area (Å²) in [7, 11) is 0. The van der Waals surface area contributed by atoms with E-state index >= 15 is 0 Å². The monoisotopic (exact) mass is 479 g/mol. The molecule has 0 spiro atoms. The quantitative estimate of drug-likeness (QED) is 0.303. The van der Waals surface area contributed by atoms with Crippen molar-refractivity contribution in [2.45, 2.75) is 24.8 Å². The van der Waals surface area contributed by atoms with Crippen LogP contribution in [0.5, 0.6) is 0 Å². The average Bonchev–Trinajstić information content (AvgIpc) is 2.89. The van der Waals surface area contributed by atoms with Crippen LogP contribution >= 0.6 is 12.2 Å². The van der Waals surface area contributed by atoms with E-state index in [1.54, 1.807) is 24.3 Å². The smallest absolute Gasteiger partial charge is 0.262 e. The molecule has 0 saturated carbocycles. The number of carbonyl (C=O) groups excluding carboxylic acids is 1. The first-order chi connectivity index (χ1) is 17.1. The highest BCUT2D eigenvalue weighted by atomic mass is 32.1. The lowest BCUT2D eigenvalue weighted by atomic mass is 9.59. The van der Waals surface area contributed by atoms with Gasteiger partial charge in [0.05, 0.1) is 10.9 Å². The van der Waals surface area contributed by atoms with Crippen molar-refractivity contribution in [1.29, 1.82) is 0 Å². The second kappa shape index (κ2) is 8.47. The standard InChI is InChI=1S/C29H25N3O2S/c1-2-13-32-28(34)23-12-11-17(15-25(23)31-29(32)35)27(33)30-16-18-14-24-19-7-3-5-9-21(19)26(18)22-10-6-4-8-20(22)24/h2-12,15,18,24,26H,1,13-14,16H2,(H,30,33)(H,31,35). The first-order valence-corrected chi connectivity index (χ1v) is 12.3. The van der Waals surface area contributed by atoms with Gasteiger partial charge in [-0.3, -0.25) is 14.2 Å². The maximum atomic E-state index is 13.1. The van der Waals surface area contributed by atoms with Gasteiger partial charge in [-0.05, 0) is 65.0 Å². The van der Waals surface area contributed by atoms with E-state index in [0.29, 0.717) is 46.2 Å². The molecule has 0 radical (unpaired) electrons. The Morgan fingerprint density at radius 2 is 1.71 bits per heavy atom. The van der Waals surface area contributed by atoms with Gasteiger partial charge in [-0.2, -0.15) is 0 Å². The largest absolute Gasteiger partial charge is 0.352 e. The Morgan fingerprint density at radius 3 is 2.37 bits per heavy atom.